The van der Waals surface area contributed by atoms with Gasteiger partial charge in [-0.15, -0.1) is 0 Å². The molecule has 1 amide bonds. The Morgan fingerprint density at radius 1 is 1.31 bits per heavy atom. The van der Waals surface area contributed by atoms with Crippen molar-refractivity contribution in [2.75, 3.05) is 7.05 Å². The predicted molar refractivity (Wildman–Crippen MR) is 96.6 cm³/mol. The van der Waals surface area contributed by atoms with E-state index in [2.05, 4.69) is 20.3 Å². The molecule has 0 aliphatic heterocycles. The standard InChI is InChI=1S/C18H14ClN5O2/c1-24(10-13-4-5-26-23-13)18(25)15-7-17(11-8-20-21-9-11)22-16-3-2-12(19)6-14(15)16/h2-9H,10H2,1H3,(H,20,21). The van der Waals surface area contributed by atoms with E-state index in [1.54, 1.807) is 54.7 Å². The van der Waals surface area contributed by atoms with Crippen molar-refractivity contribution in [3.63, 3.8) is 0 Å². The Hall–Kier alpha value is -3.19. The molecule has 0 bridgehead atoms. The van der Waals surface area contributed by atoms with Crippen molar-refractivity contribution < 1.29 is 9.32 Å². The number of hydrogen-bond donors (Lipinski definition) is 1. The van der Waals surface area contributed by atoms with Crippen molar-refractivity contribution in [3.05, 3.63) is 65.3 Å². The predicted octanol–water partition coefficient (Wildman–Crippen LogP) is 3.54. The first-order valence-electron chi connectivity index (χ1n) is 7.86. The minimum Gasteiger partial charge on any atom is -0.364 e. The zero-order chi connectivity index (χ0) is 18.1. The van der Waals surface area contributed by atoms with Crippen LogP contribution in [0.5, 0.6) is 0 Å². The fourth-order valence-corrected chi connectivity index (χ4v) is 2.93. The lowest BCUT2D eigenvalue weighted by molar-refractivity contribution is 0.0784. The molecule has 4 aromatic rings. The highest BCUT2D eigenvalue weighted by Gasteiger charge is 2.19. The van der Waals surface area contributed by atoms with Crippen LogP contribution in [0.2, 0.25) is 5.02 Å². The van der Waals surface area contributed by atoms with Gasteiger partial charge < -0.3 is 9.42 Å². The second-order valence-corrected chi connectivity index (χ2v) is 6.29. The molecule has 1 N–H and O–H groups in total. The van der Waals surface area contributed by atoms with Gasteiger partial charge in [-0.3, -0.25) is 9.89 Å². The van der Waals surface area contributed by atoms with Crippen molar-refractivity contribution in [1.82, 2.24) is 25.2 Å². The average Bonchev–Trinajstić information content (AvgIpc) is 3.34. The molecule has 3 heterocycles. The number of aromatic nitrogens is 4. The van der Waals surface area contributed by atoms with Gasteiger partial charge in [0.2, 0.25) is 0 Å². The molecule has 26 heavy (non-hydrogen) atoms. The Kier molecular flexibility index (Phi) is 4.14. The van der Waals surface area contributed by atoms with Crippen molar-refractivity contribution in [2.24, 2.45) is 0 Å². The zero-order valence-corrected chi connectivity index (χ0v) is 14.6. The van der Waals surface area contributed by atoms with Gasteiger partial charge in [0.1, 0.15) is 12.0 Å². The molecule has 0 spiro atoms. The molecule has 0 saturated carbocycles. The Morgan fingerprint density at radius 3 is 2.92 bits per heavy atom. The Labute approximate surface area is 153 Å². The summed E-state index contributed by atoms with van der Waals surface area (Å²) in [6.07, 6.45) is 4.88. The third-order valence-corrected chi connectivity index (χ3v) is 4.27. The van der Waals surface area contributed by atoms with Gasteiger partial charge in [0, 0.05) is 35.3 Å². The fourth-order valence-electron chi connectivity index (χ4n) is 2.75. The number of pyridine rings is 1. The minimum atomic E-state index is -0.160. The molecular formula is C18H14ClN5O2. The largest absolute Gasteiger partial charge is 0.364 e. The smallest absolute Gasteiger partial charge is 0.254 e. The van der Waals surface area contributed by atoms with Crippen molar-refractivity contribution in [2.45, 2.75) is 6.54 Å². The highest BCUT2D eigenvalue weighted by Crippen LogP contribution is 2.27. The lowest BCUT2D eigenvalue weighted by Crippen LogP contribution is -2.26. The summed E-state index contributed by atoms with van der Waals surface area (Å²) in [6, 6.07) is 8.78. The van der Waals surface area contributed by atoms with Crippen molar-refractivity contribution in [1.29, 1.82) is 0 Å². The molecule has 3 aromatic heterocycles. The summed E-state index contributed by atoms with van der Waals surface area (Å²) in [5.41, 5.74) is 3.33. The molecule has 1 aromatic carbocycles. The van der Waals surface area contributed by atoms with E-state index in [4.69, 9.17) is 16.1 Å². The van der Waals surface area contributed by atoms with E-state index < -0.39 is 0 Å². The van der Waals surface area contributed by atoms with E-state index in [1.807, 2.05) is 0 Å². The maximum Gasteiger partial charge on any atom is 0.254 e. The van der Waals surface area contributed by atoms with Crippen molar-refractivity contribution >= 4 is 28.4 Å². The number of rotatable bonds is 4. The van der Waals surface area contributed by atoms with E-state index >= 15 is 0 Å². The van der Waals surface area contributed by atoms with Gasteiger partial charge in [-0.2, -0.15) is 5.10 Å². The number of carbonyl (C=O) groups is 1. The SMILES string of the molecule is CN(Cc1ccon1)C(=O)c1cc(-c2cn[nH]c2)nc2ccc(Cl)cc12. The minimum absolute atomic E-state index is 0.160. The number of amides is 1. The van der Waals surface area contributed by atoms with E-state index in [-0.39, 0.29) is 5.91 Å². The maximum absolute atomic E-state index is 13.1. The van der Waals surface area contributed by atoms with Crippen molar-refractivity contribution in [3.8, 4) is 11.3 Å². The molecule has 0 radical (unpaired) electrons. The highest BCUT2D eigenvalue weighted by atomic mass is 35.5. The van der Waals surface area contributed by atoms with E-state index in [0.717, 1.165) is 5.56 Å². The van der Waals surface area contributed by atoms with Crippen LogP contribution < -0.4 is 0 Å². The third kappa shape index (κ3) is 3.04. The van der Waals surface area contributed by atoms with Crippen LogP contribution in [0.15, 0.2) is 53.5 Å². The summed E-state index contributed by atoms with van der Waals surface area (Å²) < 4.78 is 4.83. The summed E-state index contributed by atoms with van der Waals surface area (Å²) >= 11 is 6.14. The Balaban J connectivity index is 1.81. The first-order valence-corrected chi connectivity index (χ1v) is 8.24. The summed E-state index contributed by atoms with van der Waals surface area (Å²) in [6.45, 7) is 0.334. The second kappa shape index (κ2) is 6.61. The van der Waals surface area contributed by atoms with Crippen LogP contribution >= 0.6 is 11.6 Å². The monoisotopic (exact) mass is 367 g/mol. The Morgan fingerprint density at radius 2 is 2.19 bits per heavy atom. The zero-order valence-electron chi connectivity index (χ0n) is 13.8. The summed E-state index contributed by atoms with van der Waals surface area (Å²) in [4.78, 5) is 19.3. The number of halogens is 1. The quantitative estimate of drug-likeness (QED) is 0.596. The number of H-pyrrole nitrogens is 1. The highest BCUT2D eigenvalue weighted by molar-refractivity contribution is 6.31. The fraction of sp³-hybridized carbons (Fsp3) is 0.111. The van der Waals surface area contributed by atoms with Gasteiger partial charge in [-0.05, 0) is 24.3 Å². The van der Waals surface area contributed by atoms with E-state index in [1.165, 1.54) is 6.26 Å². The summed E-state index contributed by atoms with van der Waals surface area (Å²) in [5.74, 6) is -0.160. The van der Waals surface area contributed by atoms with Gasteiger partial charge >= 0.3 is 0 Å². The number of carbonyl (C=O) groups excluding carboxylic acids is 1. The molecule has 8 heteroatoms. The van der Waals surface area contributed by atoms with Gasteiger partial charge in [0.05, 0.1) is 29.5 Å². The molecule has 130 valence electrons. The Bertz CT molecular complexity index is 1060. The summed E-state index contributed by atoms with van der Waals surface area (Å²) in [5, 5.41) is 11.8. The van der Waals surface area contributed by atoms with Gasteiger partial charge in [-0.1, -0.05) is 16.8 Å². The molecule has 0 aliphatic rings. The number of benzene rings is 1. The molecular weight excluding hydrogens is 354 g/mol. The van der Waals surface area contributed by atoms with Gasteiger partial charge in [-0.25, -0.2) is 4.98 Å². The molecule has 0 saturated heterocycles. The first kappa shape index (κ1) is 16.3. The lowest BCUT2D eigenvalue weighted by Gasteiger charge is -2.17. The van der Waals surface area contributed by atoms with E-state index in [9.17, 15) is 4.79 Å². The lowest BCUT2D eigenvalue weighted by atomic mass is 10.0. The van der Waals surface area contributed by atoms with Gasteiger partial charge in [0.15, 0.2) is 0 Å². The molecule has 0 unspecified atom stereocenters. The molecule has 0 aliphatic carbocycles. The molecule has 0 fully saturated rings. The van der Waals surface area contributed by atoms with Crippen LogP contribution in [0.1, 0.15) is 16.1 Å². The van der Waals surface area contributed by atoms with Gasteiger partial charge in [0.25, 0.3) is 5.91 Å². The van der Waals surface area contributed by atoms with Crippen LogP contribution in [-0.2, 0) is 6.54 Å². The molecule has 4 rings (SSSR count). The summed E-state index contributed by atoms with van der Waals surface area (Å²) in [7, 11) is 1.71. The van der Waals surface area contributed by atoms with Crippen LogP contribution in [0, 0.1) is 0 Å². The number of aromatic amines is 1. The molecule has 0 atom stereocenters. The first-order chi connectivity index (χ1) is 12.6. The topological polar surface area (TPSA) is 87.9 Å². The number of hydrogen-bond acceptors (Lipinski definition) is 5. The third-order valence-electron chi connectivity index (χ3n) is 4.03. The van der Waals surface area contributed by atoms with Crippen LogP contribution in [0.3, 0.4) is 0 Å². The molecule has 7 nitrogen and oxygen atoms in total. The number of nitrogens with one attached hydrogen (secondary N) is 1. The number of fused-ring (bicyclic) bond motifs is 1. The maximum atomic E-state index is 13.1. The van der Waals surface area contributed by atoms with Crippen LogP contribution in [-0.4, -0.2) is 38.2 Å². The second-order valence-electron chi connectivity index (χ2n) is 5.86. The average molecular weight is 368 g/mol. The van der Waals surface area contributed by atoms with Crippen LogP contribution in [0.4, 0.5) is 0 Å². The normalized spacial score (nSPS) is 11.0. The van der Waals surface area contributed by atoms with Crippen LogP contribution in [0.25, 0.3) is 22.2 Å². The number of nitrogens with zero attached hydrogens (tertiary/aromatic N) is 4. The van der Waals surface area contributed by atoms with E-state index in [0.29, 0.717) is 39.4 Å².